The van der Waals surface area contributed by atoms with E-state index in [2.05, 4.69) is 15.5 Å². The van der Waals surface area contributed by atoms with E-state index in [0.29, 0.717) is 5.56 Å². The molecule has 5 nitrogen and oxygen atoms in total. The molecule has 0 aliphatic heterocycles. The predicted octanol–water partition coefficient (Wildman–Crippen LogP) is 2.85. The van der Waals surface area contributed by atoms with Crippen LogP contribution in [0.4, 0.5) is 15.8 Å². The van der Waals surface area contributed by atoms with E-state index in [9.17, 15) is 14.0 Å². The molecule has 0 heterocycles. The lowest BCUT2D eigenvalue weighted by Crippen LogP contribution is -2.35. The molecule has 2 aromatic carbocycles. The van der Waals surface area contributed by atoms with Crippen molar-refractivity contribution in [3.05, 3.63) is 59.4 Å². The molecule has 25 heavy (non-hydrogen) atoms. The first-order valence-corrected chi connectivity index (χ1v) is 8.06. The number of aryl methyl sites for hydroxylation is 1. The second-order valence-electron chi connectivity index (χ2n) is 5.74. The molecular formula is C19H22FN3O2. The van der Waals surface area contributed by atoms with E-state index >= 15 is 0 Å². The predicted molar refractivity (Wildman–Crippen MR) is 97.0 cm³/mol. The van der Waals surface area contributed by atoms with E-state index in [1.807, 2.05) is 38.2 Å². The number of halogens is 1. The SMILES string of the molecule is CCN(C)c1ccccc1CNC(=O)C(=O)Nc1ccc(C)c(F)c1. The van der Waals surface area contributed by atoms with Gasteiger partial charge in [-0.3, -0.25) is 9.59 Å². The van der Waals surface area contributed by atoms with E-state index < -0.39 is 17.6 Å². The van der Waals surface area contributed by atoms with Crippen LogP contribution in [0.1, 0.15) is 18.1 Å². The van der Waals surface area contributed by atoms with Crippen LogP contribution in [0.15, 0.2) is 42.5 Å². The summed E-state index contributed by atoms with van der Waals surface area (Å²) in [5, 5.41) is 4.99. The normalized spacial score (nSPS) is 10.2. The average molecular weight is 343 g/mol. The number of carbonyl (C=O) groups is 2. The number of para-hydroxylation sites is 1. The van der Waals surface area contributed by atoms with Gasteiger partial charge in [0.1, 0.15) is 5.82 Å². The molecule has 0 fully saturated rings. The number of hydrogen-bond donors (Lipinski definition) is 2. The van der Waals surface area contributed by atoms with Gasteiger partial charge in [0.05, 0.1) is 0 Å². The lowest BCUT2D eigenvalue weighted by molar-refractivity contribution is -0.136. The summed E-state index contributed by atoms with van der Waals surface area (Å²) >= 11 is 0. The van der Waals surface area contributed by atoms with Crippen molar-refractivity contribution in [2.45, 2.75) is 20.4 Å². The molecular weight excluding hydrogens is 321 g/mol. The number of anilines is 2. The van der Waals surface area contributed by atoms with Crippen LogP contribution in [-0.4, -0.2) is 25.4 Å². The van der Waals surface area contributed by atoms with Gasteiger partial charge < -0.3 is 15.5 Å². The molecule has 0 aliphatic rings. The fourth-order valence-corrected chi connectivity index (χ4v) is 2.32. The Bertz CT molecular complexity index is 777. The summed E-state index contributed by atoms with van der Waals surface area (Å²) in [4.78, 5) is 26.0. The monoisotopic (exact) mass is 343 g/mol. The first kappa shape index (κ1) is 18.4. The average Bonchev–Trinajstić information content (AvgIpc) is 2.62. The van der Waals surface area contributed by atoms with Crippen LogP contribution in [0, 0.1) is 12.7 Å². The van der Waals surface area contributed by atoms with Gasteiger partial charge in [-0.1, -0.05) is 24.3 Å². The van der Waals surface area contributed by atoms with Crippen molar-refractivity contribution < 1.29 is 14.0 Å². The highest BCUT2D eigenvalue weighted by Crippen LogP contribution is 2.18. The van der Waals surface area contributed by atoms with Crippen molar-refractivity contribution in [2.24, 2.45) is 0 Å². The third-order valence-corrected chi connectivity index (χ3v) is 3.95. The Kier molecular flexibility index (Phi) is 6.11. The van der Waals surface area contributed by atoms with Gasteiger partial charge in [-0.15, -0.1) is 0 Å². The lowest BCUT2D eigenvalue weighted by Gasteiger charge is -2.20. The van der Waals surface area contributed by atoms with Crippen LogP contribution < -0.4 is 15.5 Å². The summed E-state index contributed by atoms with van der Waals surface area (Å²) in [5.74, 6) is -2.03. The molecule has 0 radical (unpaired) electrons. The first-order chi connectivity index (χ1) is 11.9. The van der Waals surface area contributed by atoms with Crippen molar-refractivity contribution in [3.63, 3.8) is 0 Å². The van der Waals surface area contributed by atoms with Gasteiger partial charge in [0.2, 0.25) is 0 Å². The fraction of sp³-hybridized carbons (Fsp3) is 0.263. The molecule has 0 unspecified atom stereocenters. The summed E-state index contributed by atoms with van der Waals surface area (Å²) in [6, 6.07) is 11.9. The number of nitrogens with zero attached hydrogens (tertiary/aromatic N) is 1. The van der Waals surface area contributed by atoms with Gasteiger partial charge in [0, 0.05) is 31.5 Å². The zero-order valence-corrected chi connectivity index (χ0v) is 14.6. The van der Waals surface area contributed by atoms with E-state index in [-0.39, 0.29) is 12.2 Å². The number of amides is 2. The van der Waals surface area contributed by atoms with Gasteiger partial charge >= 0.3 is 11.8 Å². The highest BCUT2D eigenvalue weighted by molar-refractivity contribution is 6.39. The van der Waals surface area contributed by atoms with Crippen LogP contribution >= 0.6 is 0 Å². The fourth-order valence-electron chi connectivity index (χ4n) is 2.32. The molecule has 2 N–H and O–H groups in total. The van der Waals surface area contributed by atoms with E-state index in [0.717, 1.165) is 17.8 Å². The smallest absolute Gasteiger partial charge is 0.313 e. The first-order valence-electron chi connectivity index (χ1n) is 8.06. The van der Waals surface area contributed by atoms with Crippen LogP contribution in [0.5, 0.6) is 0 Å². The maximum Gasteiger partial charge on any atom is 0.313 e. The maximum absolute atomic E-state index is 13.5. The Morgan fingerprint density at radius 3 is 2.52 bits per heavy atom. The number of nitrogens with one attached hydrogen (secondary N) is 2. The topological polar surface area (TPSA) is 61.4 Å². The number of benzene rings is 2. The van der Waals surface area contributed by atoms with E-state index in [1.54, 1.807) is 19.1 Å². The third-order valence-electron chi connectivity index (χ3n) is 3.95. The highest BCUT2D eigenvalue weighted by Gasteiger charge is 2.15. The van der Waals surface area contributed by atoms with Gasteiger partial charge in [-0.25, -0.2) is 4.39 Å². The van der Waals surface area contributed by atoms with Crippen LogP contribution in [0.2, 0.25) is 0 Å². The van der Waals surface area contributed by atoms with Crippen LogP contribution in [0.25, 0.3) is 0 Å². The number of hydrogen-bond acceptors (Lipinski definition) is 3. The second-order valence-corrected chi connectivity index (χ2v) is 5.74. The Morgan fingerprint density at radius 1 is 1.12 bits per heavy atom. The quantitative estimate of drug-likeness (QED) is 0.821. The molecule has 2 aromatic rings. The van der Waals surface area contributed by atoms with Gasteiger partial charge in [0.15, 0.2) is 0 Å². The Labute approximate surface area is 146 Å². The van der Waals surface area contributed by atoms with Crippen molar-refractivity contribution in [3.8, 4) is 0 Å². The van der Waals surface area contributed by atoms with Gasteiger partial charge in [-0.05, 0) is 43.2 Å². The second kappa shape index (κ2) is 8.28. The van der Waals surface area contributed by atoms with Crippen molar-refractivity contribution in [2.75, 3.05) is 23.8 Å². The molecule has 132 valence electrons. The van der Waals surface area contributed by atoms with E-state index in [1.165, 1.54) is 6.07 Å². The van der Waals surface area contributed by atoms with Gasteiger partial charge in [-0.2, -0.15) is 0 Å². The maximum atomic E-state index is 13.5. The minimum atomic E-state index is -0.829. The number of rotatable bonds is 5. The lowest BCUT2D eigenvalue weighted by atomic mass is 10.1. The van der Waals surface area contributed by atoms with Crippen LogP contribution in [0.3, 0.4) is 0 Å². The molecule has 0 spiro atoms. The minimum absolute atomic E-state index is 0.231. The van der Waals surface area contributed by atoms with Crippen molar-refractivity contribution in [1.82, 2.24) is 5.32 Å². The Balaban J connectivity index is 1.98. The molecule has 0 aliphatic carbocycles. The molecule has 2 amide bonds. The molecule has 0 saturated carbocycles. The number of carbonyl (C=O) groups excluding carboxylic acids is 2. The molecule has 0 saturated heterocycles. The largest absolute Gasteiger partial charge is 0.375 e. The highest BCUT2D eigenvalue weighted by atomic mass is 19.1. The Morgan fingerprint density at radius 2 is 1.84 bits per heavy atom. The molecule has 0 aromatic heterocycles. The zero-order chi connectivity index (χ0) is 18.4. The summed E-state index contributed by atoms with van der Waals surface area (Å²) in [7, 11) is 1.96. The Hall–Kier alpha value is -2.89. The van der Waals surface area contributed by atoms with Crippen LogP contribution in [-0.2, 0) is 16.1 Å². The standard InChI is InChI=1S/C19H22FN3O2/c1-4-23(3)17-8-6-5-7-14(17)12-21-18(24)19(25)22-15-10-9-13(2)16(20)11-15/h5-11H,4,12H2,1-3H3,(H,21,24)(H,22,25). The third kappa shape index (κ3) is 4.79. The zero-order valence-electron chi connectivity index (χ0n) is 14.6. The summed E-state index contributed by atoms with van der Waals surface area (Å²) in [6.45, 7) is 4.71. The van der Waals surface area contributed by atoms with Gasteiger partial charge in [0.25, 0.3) is 0 Å². The van der Waals surface area contributed by atoms with Crippen molar-refractivity contribution in [1.29, 1.82) is 0 Å². The summed E-state index contributed by atoms with van der Waals surface area (Å²) in [6.07, 6.45) is 0. The summed E-state index contributed by atoms with van der Waals surface area (Å²) < 4.78 is 13.5. The molecule has 0 atom stereocenters. The van der Waals surface area contributed by atoms with Crippen molar-refractivity contribution >= 4 is 23.2 Å². The summed E-state index contributed by atoms with van der Waals surface area (Å²) in [5.41, 5.74) is 2.62. The van der Waals surface area contributed by atoms with E-state index in [4.69, 9.17) is 0 Å². The molecule has 0 bridgehead atoms. The minimum Gasteiger partial charge on any atom is -0.375 e. The molecule has 2 rings (SSSR count). The molecule has 6 heteroatoms.